The molecular weight excluding hydrogens is 464 g/mol. The average Bonchev–Trinajstić information content (AvgIpc) is 2.88. The van der Waals surface area contributed by atoms with Gasteiger partial charge in [-0.2, -0.15) is 0 Å². The monoisotopic (exact) mass is 484 g/mol. The maximum absolute atomic E-state index is 12.9. The summed E-state index contributed by atoms with van der Waals surface area (Å²) in [6.07, 6.45) is 0. The van der Waals surface area contributed by atoms with E-state index in [1.54, 1.807) is 60.7 Å². The maximum Gasteiger partial charge on any atom is 0.344 e. The minimum absolute atomic E-state index is 0.149. The molecule has 0 amide bonds. The molecule has 8 heteroatoms. The predicted octanol–water partition coefficient (Wildman–Crippen LogP) is 5.19. The first-order valence-electron chi connectivity index (χ1n) is 11.1. The Labute approximate surface area is 204 Å². The van der Waals surface area contributed by atoms with Crippen molar-refractivity contribution in [3.05, 3.63) is 99.2 Å². The Hall–Kier alpha value is -4.85. The summed E-state index contributed by atoms with van der Waals surface area (Å²) in [5, 5.41) is 1.11. The molecule has 0 bridgehead atoms. The zero-order valence-electron chi connectivity index (χ0n) is 19.4. The predicted molar refractivity (Wildman–Crippen MR) is 133 cm³/mol. The Bertz CT molecular complexity index is 1730. The number of carbonyl (C=O) groups excluding carboxylic acids is 1. The summed E-state index contributed by atoms with van der Waals surface area (Å²) in [6.45, 7) is 2.25. The van der Waals surface area contributed by atoms with Gasteiger partial charge in [-0.05, 0) is 49.4 Å². The number of methoxy groups -OCH3 is 1. The fraction of sp³-hybridized carbons (Fsp3) is 0.107. The highest BCUT2D eigenvalue weighted by molar-refractivity contribution is 5.97. The number of ether oxygens (including phenoxy) is 3. The molecule has 36 heavy (non-hydrogen) atoms. The smallest absolute Gasteiger partial charge is 0.344 e. The number of carbonyl (C=O) groups is 1. The van der Waals surface area contributed by atoms with E-state index in [1.165, 1.54) is 19.2 Å². The topological polar surface area (TPSA) is 105 Å². The molecule has 0 N–H and O–H groups in total. The molecular formula is C28H20O8. The second-order valence-electron chi connectivity index (χ2n) is 7.81. The molecule has 3 aromatic carbocycles. The first kappa shape index (κ1) is 22.9. The maximum atomic E-state index is 12.9. The van der Waals surface area contributed by atoms with Gasteiger partial charge in [0.1, 0.15) is 17.1 Å². The fourth-order valence-electron chi connectivity index (χ4n) is 3.92. The molecule has 0 spiro atoms. The quantitative estimate of drug-likeness (QED) is 0.184. The van der Waals surface area contributed by atoms with Gasteiger partial charge in [0.05, 0.1) is 24.8 Å². The van der Waals surface area contributed by atoms with E-state index in [1.807, 2.05) is 6.92 Å². The minimum Gasteiger partial charge on any atom is -0.497 e. The Morgan fingerprint density at radius 3 is 2.50 bits per heavy atom. The van der Waals surface area contributed by atoms with Crippen molar-refractivity contribution in [2.75, 3.05) is 13.7 Å². The van der Waals surface area contributed by atoms with Crippen molar-refractivity contribution in [3.8, 4) is 28.4 Å². The number of hydrogen-bond donors (Lipinski definition) is 0. The number of rotatable bonds is 6. The van der Waals surface area contributed by atoms with Crippen LogP contribution in [0.2, 0.25) is 0 Å². The molecule has 0 fully saturated rings. The molecule has 0 radical (unpaired) electrons. The van der Waals surface area contributed by atoms with E-state index >= 15 is 0 Å². The molecule has 0 saturated carbocycles. The summed E-state index contributed by atoms with van der Waals surface area (Å²) >= 11 is 0. The third kappa shape index (κ3) is 4.32. The van der Waals surface area contributed by atoms with Crippen LogP contribution in [0.15, 0.2) is 91.2 Å². The SMILES string of the molecule is CCOc1cccc2cc(-c3cc(=O)oc4cc(OC(=O)c5cccc(OC)c5)ccc34)c(=O)oc12. The van der Waals surface area contributed by atoms with E-state index in [2.05, 4.69) is 0 Å². The summed E-state index contributed by atoms with van der Waals surface area (Å²) in [6, 6.07) is 19.3. The lowest BCUT2D eigenvalue weighted by Crippen LogP contribution is -2.09. The van der Waals surface area contributed by atoms with Crippen LogP contribution < -0.4 is 25.5 Å². The average molecular weight is 484 g/mol. The van der Waals surface area contributed by atoms with E-state index in [9.17, 15) is 14.4 Å². The lowest BCUT2D eigenvalue weighted by atomic mass is 10.0. The lowest BCUT2D eigenvalue weighted by molar-refractivity contribution is 0.0734. The largest absolute Gasteiger partial charge is 0.497 e. The third-order valence-corrected chi connectivity index (χ3v) is 5.55. The van der Waals surface area contributed by atoms with Gasteiger partial charge in [0.15, 0.2) is 11.3 Å². The molecule has 2 aromatic heterocycles. The first-order chi connectivity index (χ1) is 17.5. The Balaban J connectivity index is 1.56. The van der Waals surface area contributed by atoms with Crippen molar-refractivity contribution in [2.45, 2.75) is 6.92 Å². The highest BCUT2D eigenvalue weighted by atomic mass is 16.5. The van der Waals surface area contributed by atoms with Gasteiger partial charge < -0.3 is 23.0 Å². The molecule has 0 aliphatic heterocycles. The highest BCUT2D eigenvalue weighted by Gasteiger charge is 2.17. The molecule has 180 valence electrons. The van der Waals surface area contributed by atoms with Gasteiger partial charge in [-0.3, -0.25) is 0 Å². The van der Waals surface area contributed by atoms with Gasteiger partial charge in [0, 0.05) is 28.5 Å². The number of benzene rings is 3. The van der Waals surface area contributed by atoms with E-state index in [0.717, 1.165) is 0 Å². The second kappa shape index (κ2) is 9.42. The lowest BCUT2D eigenvalue weighted by Gasteiger charge is -2.10. The van der Waals surface area contributed by atoms with Gasteiger partial charge in [-0.25, -0.2) is 14.4 Å². The van der Waals surface area contributed by atoms with Crippen LogP contribution in [0.3, 0.4) is 0 Å². The summed E-state index contributed by atoms with van der Waals surface area (Å²) in [7, 11) is 1.50. The molecule has 5 rings (SSSR count). The van der Waals surface area contributed by atoms with Crippen molar-refractivity contribution >= 4 is 27.9 Å². The standard InChI is InChI=1S/C28H20O8/c1-3-33-23-9-5-6-16-13-22(28(31)36-26(16)23)21-15-25(29)35-24-14-19(10-11-20(21)24)34-27(30)17-7-4-8-18(12-17)32-2/h4-15H,3H2,1-2H3. The van der Waals surface area contributed by atoms with Crippen LogP contribution in [0.1, 0.15) is 17.3 Å². The van der Waals surface area contributed by atoms with E-state index < -0.39 is 17.2 Å². The van der Waals surface area contributed by atoms with Crippen LogP contribution in [-0.2, 0) is 0 Å². The zero-order valence-corrected chi connectivity index (χ0v) is 19.4. The van der Waals surface area contributed by atoms with E-state index in [4.69, 9.17) is 23.0 Å². The van der Waals surface area contributed by atoms with Gasteiger partial charge >= 0.3 is 17.2 Å². The highest BCUT2D eigenvalue weighted by Crippen LogP contribution is 2.32. The minimum atomic E-state index is -0.670. The summed E-state index contributed by atoms with van der Waals surface area (Å²) < 4.78 is 27.1. The third-order valence-electron chi connectivity index (χ3n) is 5.55. The number of esters is 1. The van der Waals surface area contributed by atoms with Crippen LogP contribution in [0.5, 0.6) is 17.2 Å². The zero-order chi connectivity index (χ0) is 25.2. The van der Waals surface area contributed by atoms with Crippen LogP contribution in [-0.4, -0.2) is 19.7 Å². The fourth-order valence-corrected chi connectivity index (χ4v) is 3.92. The van der Waals surface area contributed by atoms with Crippen molar-refractivity contribution in [2.24, 2.45) is 0 Å². The Kier molecular flexibility index (Phi) is 6.00. The Morgan fingerprint density at radius 2 is 1.69 bits per heavy atom. The van der Waals surface area contributed by atoms with Crippen molar-refractivity contribution in [3.63, 3.8) is 0 Å². The molecule has 8 nitrogen and oxygen atoms in total. The van der Waals surface area contributed by atoms with Gasteiger partial charge in [-0.1, -0.05) is 18.2 Å². The molecule has 0 atom stereocenters. The molecule has 0 saturated heterocycles. The molecule has 2 heterocycles. The normalized spacial score (nSPS) is 10.9. The second-order valence-corrected chi connectivity index (χ2v) is 7.81. The number of para-hydroxylation sites is 1. The van der Waals surface area contributed by atoms with Gasteiger partial charge in [0.2, 0.25) is 0 Å². The Morgan fingerprint density at radius 1 is 0.861 bits per heavy atom. The van der Waals surface area contributed by atoms with E-state index in [0.29, 0.717) is 45.6 Å². The van der Waals surface area contributed by atoms with Crippen LogP contribution >= 0.6 is 0 Å². The molecule has 0 aliphatic rings. The van der Waals surface area contributed by atoms with Crippen molar-refractivity contribution in [1.82, 2.24) is 0 Å². The molecule has 0 aliphatic carbocycles. The van der Waals surface area contributed by atoms with Crippen molar-refractivity contribution in [1.29, 1.82) is 0 Å². The molecule has 0 unspecified atom stereocenters. The van der Waals surface area contributed by atoms with E-state index in [-0.39, 0.29) is 16.9 Å². The van der Waals surface area contributed by atoms with Gasteiger partial charge in [0.25, 0.3) is 0 Å². The number of fused-ring (bicyclic) bond motifs is 2. The van der Waals surface area contributed by atoms with Gasteiger partial charge in [-0.15, -0.1) is 0 Å². The van der Waals surface area contributed by atoms with Crippen LogP contribution in [0.4, 0.5) is 0 Å². The first-order valence-corrected chi connectivity index (χ1v) is 11.1. The summed E-state index contributed by atoms with van der Waals surface area (Å²) in [5.41, 5.74) is -0.000981. The summed E-state index contributed by atoms with van der Waals surface area (Å²) in [4.78, 5) is 37.9. The summed E-state index contributed by atoms with van der Waals surface area (Å²) in [5.74, 6) is 0.536. The number of hydrogen-bond acceptors (Lipinski definition) is 8. The van der Waals surface area contributed by atoms with Crippen molar-refractivity contribution < 1.29 is 27.8 Å². The van der Waals surface area contributed by atoms with Crippen LogP contribution in [0.25, 0.3) is 33.1 Å². The van der Waals surface area contributed by atoms with Crippen LogP contribution in [0, 0.1) is 0 Å². The molecule has 5 aromatic rings.